The molecule has 1 atom stereocenters. The standard InChI is InChI=1S/C31H35FN4O3/c32-25-19-17-24(18-20-25)30(31(39)34-26-12-5-2-6-13-26)36(22-23-10-3-1-4-11-23)29(38)16-9-15-28(37)35-27-14-7-8-21-33-27/h1,3-4,7-8,10-11,14,17-21,26,30H,2,5-6,9,12-13,15-16,22H2,(H,34,39)(H,33,35,37)/t30-/m0/s1. The zero-order valence-corrected chi connectivity index (χ0v) is 22.0. The number of hydrogen-bond acceptors (Lipinski definition) is 4. The number of hydrogen-bond donors (Lipinski definition) is 2. The van der Waals surface area contributed by atoms with Crippen molar-refractivity contribution in [3.63, 3.8) is 0 Å². The number of rotatable bonds is 11. The van der Waals surface area contributed by atoms with Crippen molar-refractivity contribution in [2.45, 2.75) is 70.0 Å². The first kappa shape index (κ1) is 28.0. The average Bonchev–Trinajstić information content (AvgIpc) is 2.95. The molecule has 7 nitrogen and oxygen atoms in total. The minimum absolute atomic E-state index is 0.0539. The Kier molecular flexibility index (Phi) is 10.2. The number of anilines is 1. The molecule has 4 rings (SSSR count). The van der Waals surface area contributed by atoms with E-state index in [0.717, 1.165) is 37.7 Å². The third-order valence-electron chi connectivity index (χ3n) is 6.94. The van der Waals surface area contributed by atoms with Crippen LogP contribution in [0.1, 0.15) is 68.5 Å². The third kappa shape index (κ3) is 8.46. The summed E-state index contributed by atoms with van der Waals surface area (Å²) in [5.74, 6) is -0.718. The zero-order valence-electron chi connectivity index (χ0n) is 22.0. The zero-order chi connectivity index (χ0) is 27.5. The normalized spacial score (nSPS) is 14.3. The van der Waals surface area contributed by atoms with Crippen LogP contribution in [0.25, 0.3) is 0 Å². The van der Waals surface area contributed by atoms with Crippen molar-refractivity contribution in [1.29, 1.82) is 0 Å². The molecule has 1 heterocycles. The van der Waals surface area contributed by atoms with E-state index in [2.05, 4.69) is 15.6 Å². The average molecular weight is 531 g/mol. The summed E-state index contributed by atoms with van der Waals surface area (Å²) in [5, 5.41) is 5.88. The summed E-state index contributed by atoms with van der Waals surface area (Å²) in [6, 6.07) is 19.6. The molecule has 3 amide bonds. The predicted octanol–water partition coefficient (Wildman–Crippen LogP) is 5.55. The molecule has 0 aliphatic heterocycles. The minimum atomic E-state index is -0.928. The Morgan fingerprint density at radius 1 is 0.897 bits per heavy atom. The van der Waals surface area contributed by atoms with E-state index in [4.69, 9.17) is 0 Å². The number of aromatic nitrogens is 1. The maximum absolute atomic E-state index is 13.8. The van der Waals surface area contributed by atoms with Crippen LogP contribution < -0.4 is 10.6 Å². The van der Waals surface area contributed by atoms with E-state index >= 15 is 0 Å². The second kappa shape index (κ2) is 14.2. The van der Waals surface area contributed by atoms with Gasteiger partial charge in [0.2, 0.25) is 17.7 Å². The lowest BCUT2D eigenvalue weighted by Gasteiger charge is -2.33. The summed E-state index contributed by atoms with van der Waals surface area (Å²) < 4.78 is 13.8. The highest BCUT2D eigenvalue weighted by Gasteiger charge is 2.33. The molecule has 1 fully saturated rings. The van der Waals surface area contributed by atoms with Gasteiger partial charge in [-0.15, -0.1) is 0 Å². The molecule has 1 saturated carbocycles. The van der Waals surface area contributed by atoms with Crippen LogP contribution in [0.3, 0.4) is 0 Å². The number of pyridine rings is 1. The van der Waals surface area contributed by atoms with Crippen LogP contribution in [-0.2, 0) is 20.9 Å². The van der Waals surface area contributed by atoms with Crippen LogP contribution >= 0.6 is 0 Å². The van der Waals surface area contributed by atoms with Gasteiger partial charge >= 0.3 is 0 Å². The monoisotopic (exact) mass is 530 g/mol. The molecule has 1 aromatic heterocycles. The topological polar surface area (TPSA) is 91.4 Å². The maximum Gasteiger partial charge on any atom is 0.247 e. The molecule has 0 spiro atoms. The summed E-state index contributed by atoms with van der Waals surface area (Å²) in [7, 11) is 0. The van der Waals surface area contributed by atoms with Crippen LogP contribution in [0.15, 0.2) is 79.0 Å². The largest absolute Gasteiger partial charge is 0.351 e. The summed E-state index contributed by atoms with van der Waals surface area (Å²) in [4.78, 5) is 45.5. The third-order valence-corrected chi connectivity index (χ3v) is 6.94. The molecular weight excluding hydrogens is 495 g/mol. The van der Waals surface area contributed by atoms with Crippen LogP contribution in [0.4, 0.5) is 10.2 Å². The van der Waals surface area contributed by atoms with E-state index in [0.29, 0.717) is 17.8 Å². The van der Waals surface area contributed by atoms with E-state index in [1.807, 2.05) is 30.3 Å². The van der Waals surface area contributed by atoms with Gasteiger partial charge in [-0.05, 0) is 54.7 Å². The lowest BCUT2D eigenvalue weighted by Crippen LogP contribution is -2.46. The van der Waals surface area contributed by atoms with E-state index in [1.54, 1.807) is 41.4 Å². The molecule has 3 aromatic rings. The van der Waals surface area contributed by atoms with Gasteiger partial charge in [0.05, 0.1) is 0 Å². The Morgan fingerprint density at radius 3 is 2.31 bits per heavy atom. The van der Waals surface area contributed by atoms with Crippen molar-refractivity contribution < 1.29 is 18.8 Å². The van der Waals surface area contributed by atoms with E-state index in [1.165, 1.54) is 12.1 Å². The fourth-order valence-corrected chi connectivity index (χ4v) is 4.93. The van der Waals surface area contributed by atoms with Crippen molar-refractivity contribution in [2.75, 3.05) is 5.32 Å². The number of benzene rings is 2. The SMILES string of the molecule is O=C(CCCC(=O)N(Cc1ccccc1)[C@H](C(=O)NC1CCCCC1)c1ccc(F)cc1)Nc1ccccn1. The van der Waals surface area contributed by atoms with Crippen LogP contribution in [0.2, 0.25) is 0 Å². The summed E-state index contributed by atoms with van der Waals surface area (Å²) >= 11 is 0. The summed E-state index contributed by atoms with van der Waals surface area (Å²) in [5.41, 5.74) is 1.42. The molecular formula is C31H35FN4O3. The lowest BCUT2D eigenvalue weighted by molar-refractivity contribution is -0.142. The van der Waals surface area contributed by atoms with Crippen molar-refractivity contribution in [1.82, 2.24) is 15.2 Å². The van der Waals surface area contributed by atoms with Crippen molar-refractivity contribution in [3.8, 4) is 0 Å². The minimum Gasteiger partial charge on any atom is -0.351 e. The first-order valence-corrected chi connectivity index (χ1v) is 13.6. The van der Waals surface area contributed by atoms with E-state index in [9.17, 15) is 18.8 Å². The van der Waals surface area contributed by atoms with Crippen LogP contribution in [0.5, 0.6) is 0 Å². The quantitative estimate of drug-likeness (QED) is 0.340. The molecule has 204 valence electrons. The van der Waals surface area contributed by atoms with Gasteiger partial charge < -0.3 is 15.5 Å². The Labute approximate surface area is 228 Å². The number of halogens is 1. The molecule has 0 bridgehead atoms. The Balaban J connectivity index is 1.52. The van der Waals surface area contributed by atoms with Crippen LogP contribution in [-0.4, -0.2) is 33.6 Å². The molecule has 0 radical (unpaired) electrons. The van der Waals surface area contributed by atoms with Gasteiger partial charge in [0.15, 0.2) is 0 Å². The number of carbonyl (C=O) groups excluding carboxylic acids is 3. The highest BCUT2D eigenvalue weighted by molar-refractivity contribution is 5.91. The van der Waals surface area contributed by atoms with E-state index in [-0.39, 0.29) is 43.1 Å². The van der Waals surface area contributed by atoms with Gasteiger partial charge in [0, 0.05) is 31.6 Å². The molecule has 39 heavy (non-hydrogen) atoms. The van der Waals surface area contributed by atoms with Gasteiger partial charge in [0.1, 0.15) is 17.7 Å². The molecule has 1 aliphatic carbocycles. The molecule has 2 N–H and O–H groups in total. The molecule has 0 unspecified atom stereocenters. The highest BCUT2D eigenvalue weighted by atomic mass is 19.1. The number of amides is 3. The lowest BCUT2D eigenvalue weighted by atomic mass is 9.94. The second-order valence-corrected chi connectivity index (χ2v) is 9.92. The van der Waals surface area contributed by atoms with Gasteiger partial charge in [0.25, 0.3) is 0 Å². The summed E-state index contributed by atoms with van der Waals surface area (Å²) in [6.07, 6.45) is 7.18. The molecule has 0 saturated heterocycles. The smallest absolute Gasteiger partial charge is 0.247 e. The van der Waals surface area contributed by atoms with E-state index < -0.39 is 11.9 Å². The highest BCUT2D eigenvalue weighted by Crippen LogP contribution is 2.27. The number of nitrogens with zero attached hydrogens (tertiary/aromatic N) is 2. The molecule has 1 aliphatic rings. The summed E-state index contributed by atoms with van der Waals surface area (Å²) in [6.45, 7) is 0.208. The Hall–Kier alpha value is -4.07. The predicted molar refractivity (Wildman–Crippen MR) is 148 cm³/mol. The fourth-order valence-electron chi connectivity index (χ4n) is 4.93. The van der Waals surface area contributed by atoms with Crippen molar-refractivity contribution >= 4 is 23.5 Å². The van der Waals surface area contributed by atoms with Gasteiger partial charge in [-0.25, -0.2) is 9.37 Å². The fraction of sp³-hybridized carbons (Fsp3) is 0.355. The number of carbonyl (C=O) groups is 3. The second-order valence-electron chi connectivity index (χ2n) is 9.92. The van der Waals surface area contributed by atoms with Crippen molar-refractivity contribution in [3.05, 3.63) is 95.9 Å². The van der Waals surface area contributed by atoms with Gasteiger partial charge in [-0.1, -0.05) is 67.8 Å². The Bertz CT molecular complexity index is 1220. The van der Waals surface area contributed by atoms with Crippen molar-refractivity contribution in [2.24, 2.45) is 0 Å². The maximum atomic E-state index is 13.8. The Morgan fingerprint density at radius 2 is 1.62 bits per heavy atom. The first-order chi connectivity index (χ1) is 19.0. The van der Waals surface area contributed by atoms with Gasteiger partial charge in [-0.2, -0.15) is 0 Å². The van der Waals surface area contributed by atoms with Gasteiger partial charge in [-0.3, -0.25) is 14.4 Å². The molecule has 8 heteroatoms. The first-order valence-electron chi connectivity index (χ1n) is 13.6. The molecule has 2 aromatic carbocycles. The number of nitrogens with one attached hydrogen (secondary N) is 2. The van der Waals surface area contributed by atoms with Crippen LogP contribution in [0, 0.1) is 5.82 Å².